The summed E-state index contributed by atoms with van der Waals surface area (Å²) in [6, 6.07) is 7.58. The van der Waals surface area contributed by atoms with Crippen molar-refractivity contribution in [2.75, 3.05) is 54.5 Å². The first-order valence-corrected chi connectivity index (χ1v) is 11.5. The van der Waals surface area contributed by atoms with Crippen LogP contribution in [-0.4, -0.2) is 60.3 Å². The maximum Gasteiger partial charge on any atom is 0.274 e. The number of morpholine rings is 1. The van der Waals surface area contributed by atoms with Gasteiger partial charge in [0.25, 0.3) is 5.91 Å². The molecule has 2 aliphatic heterocycles. The van der Waals surface area contributed by atoms with Crippen LogP contribution >= 0.6 is 11.3 Å². The van der Waals surface area contributed by atoms with Crippen molar-refractivity contribution in [2.24, 2.45) is 5.92 Å². The third kappa shape index (κ3) is 4.20. The predicted octanol–water partition coefficient (Wildman–Crippen LogP) is 3.33. The Kier molecular flexibility index (Phi) is 5.45. The van der Waals surface area contributed by atoms with E-state index in [2.05, 4.69) is 37.0 Å². The number of hydrogen-bond acceptors (Lipinski definition) is 8. The lowest BCUT2D eigenvalue weighted by Gasteiger charge is -2.25. The lowest BCUT2D eigenvalue weighted by atomic mass is 10.2. The summed E-state index contributed by atoms with van der Waals surface area (Å²) in [4.78, 5) is 31.3. The molecule has 0 saturated carbocycles. The smallest absolute Gasteiger partial charge is 0.274 e. The third-order valence-corrected chi connectivity index (χ3v) is 6.86. The Labute approximate surface area is 185 Å². The molecule has 2 saturated heterocycles. The first kappa shape index (κ1) is 20.1. The Balaban J connectivity index is 1.36. The predicted molar refractivity (Wildman–Crippen MR) is 123 cm³/mol. The van der Waals surface area contributed by atoms with Crippen molar-refractivity contribution in [3.05, 3.63) is 35.7 Å². The molecule has 8 nitrogen and oxygen atoms in total. The van der Waals surface area contributed by atoms with Crippen LogP contribution in [0.5, 0.6) is 0 Å². The molecular weight excluding hydrogens is 412 g/mol. The fourth-order valence-corrected chi connectivity index (χ4v) is 5.01. The molecule has 3 aromatic heterocycles. The number of aromatic nitrogens is 3. The molecular formula is C22H26N6O2S. The van der Waals surface area contributed by atoms with Crippen molar-refractivity contribution >= 4 is 44.2 Å². The van der Waals surface area contributed by atoms with E-state index in [0.29, 0.717) is 36.2 Å². The van der Waals surface area contributed by atoms with E-state index >= 15 is 0 Å². The van der Waals surface area contributed by atoms with Crippen molar-refractivity contribution in [1.29, 1.82) is 0 Å². The molecule has 2 fully saturated rings. The minimum atomic E-state index is -0.226. The number of nitrogens with zero attached hydrogens (tertiary/aromatic N) is 5. The maximum atomic E-state index is 12.9. The topological polar surface area (TPSA) is 83.5 Å². The molecule has 5 rings (SSSR count). The molecule has 1 atom stereocenters. The van der Waals surface area contributed by atoms with Crippen LogP contribution in [0.3, 0.4) is 0 Å². The van der Waals surface area contributed by atoms with Crippen LogP contribution in [0.25, 0.3) is 10.3 Å². The normalized spacial score (nSPS) is 19.2. The number of nitrogens with one attached hydrogen (secondary N) is 1. The second kappa shape index (κ2) is 8.39. The second-order valence-electron chi connectivity index (χ2n) is 8.21. The lowest BCUT2D eigenvalue weighted by Crippen LogP contribution is -2.36. The van der Waals surface area contributed by atoms with E-state index in [1.165, 1.54) is 0 Å². The van der Waals surface area contributed by atoms with Crippen molar-refractivity contribution in [3.63, 3.8) is 0 Å². The van der Waals surface area contributed by atoms with Crippen LogP contribution in [0.4, 0.5) is 16.6 Å². The van der Waals surface area contributed by atoms with Gasteiger partial charge in [0, 0.05) is 26.2 Å². The maximum absolute atomic E-state index is 12.9. The molecule has 9 heteroatoms. The van der Waals surface area contributed by atoms with Gasteiger partial charge in [-0.2, -0.15) is 4.98 Å². The number of rotatable bonds is 4. The molecule has 0 aliphatic carbocycles. The first-order valence-electron chi connectivity index (χ1n) is 10.7. The zero-order valence-electron chi connectivity index (χ0n) is 17.8. The van der Waals surface area contributed by atoms with Gasteiger partial charge in [0.2, 0.25) is 0 Å². The van der Waals surface area contributed by atoms with Crippen molar-refractivity contribution in [2.45, 2.75) is 20.3 Å². The van der Waals surface area contributed by atoms with Crippen LogP contribution in [0, 0.1) is 12.8 Å². The fourth-order valence-electron chi connectivity index (χ4n) is 4.01. The molecule has 5 heterocycles. The molecule has 2 aliphatic rings. The molecule has 0 bridgehead atoms. The van der Waals surface area contributed by atoms with E-state index in [0.717, 1.165) is 53.9 Å². The molecule has 31 heavy (non-hydrogen) atoms. The number of anilines is 3. The van der Waals surface area contributed by atoms with Gasteiger partial charge in [-0.3, -0.25) is 4.79 Å². The average Bonchev–Trinajstić information content (AvgIpc) is 3.40. The largest absolute Gasteiger partial charge is 0.378 e. The highest BCUT2D eigenvalue weighted by atomic mass is 32.1. The molecule has 0 radical (unpaired) electrons. The SMILES string of the molecule is Cc1nc2nc(N3CCOCC3)sc2cc1NC(=O)c1cccc(N2CCC(C)C2)n1. The van der Waals surface area contributed by atoms with E-state index in [-0.39, 0.29) is 5.91 Å². The second-order valence-corrected chi connectivity index (χ2v) is 9.22. The van der Waals surface area contributed by atoms with Crippen LogP contribution in [0.2, 0.25) is 0 Å². The first-order chi connectivity index (χ1) is 15.1. The van der Waals surface area contributed by atoms with Crippen LogP contribution in [0.1, 0.15) is 29.5 Å². The van der Waals surface area contributed by atoms with Gasteiger partial charge >= 0.3 is 0 Å². The number of thiazole rings is 1. The van der Waals surface area contributed by atoms with Crippen molar-refractivity contribution in [1.82, 2.24) is 15.0 Å². The number of fused-ring (bicyclic) bond motifs is 1. The van der Waals surface area contributed by atoms with E-state index in [1.54, 1.807) is 17.4 Å². The van der Waals surface area contributed by atoms with Gasteiger partial charge < -0.3 is 19.9 Å². The molecule has 1 N–H and O–H groups in total. The van der Waals surface area contributed by atoms with Crippen LogP contribution in [0.15, 0.2) is 24.3 Å². The standard InChI is InChI=1S/C22H26N6O2S/c1-14-6-7-28(13-14)19-5-3-4-16(24-19)21(29)25-17-12-18-20(23-15(17)2)26-22(31-18)27-8-10-30-11-9-27/h3-5,12,14H,6-11,13H2,1-2H3,(H,25,29). The molecule has 3 aromatic rings. The van der Waals surface area contributed by atoms with E-state index in [4.69, 9.17) is 4.74 Å². The number of carbonyl (C=O) groups is 1. The summed E-state index contributed by atoms with van der Waals surface area (Å²) in [5.41, 5.74) is 2.56. The summed E-state index contributed by atoms with van der Waals surface area (Å²) >= 11 is 1.59. The molecule has 0 aromatic carbocycles. The average molecular weight is 439 g/mol. The Bertz CT molecular complexity index is 1110. The number of amides is 1. The monoisotopic (exact) mass is 438 g/mol. The summed E-state index contributed by atoms with van der Waals surface area (Å²) in [6.45, 7) is 9.19. The van der Waals surface area contributed by atoms with Gasteiger partial charge in [-0.05, 0) is 37.5 Å². The van der Waals surface area contributed by atoms with Crippen molar-refractivity contribution < 1.29 is 9.53 Å². The number of ether oxygens (including phenoxy) is 1. The zero-order chi connectivity index (χ0) is 21.4. The number of pyridine rings is 2. The zero-order valence-corrected chi connectivity index (χ0v) is 18.6. The fraction of sp³-hybridized carbons (Fsp3) is 0.455. The van der Waals surface area contributed by atoms with Crippen molar-refractivity contribution in [3.8, 4) is 0 Å². The number of hydrogen-bond donors (Lipinski definition) is 1. The number of aryl methyl sites for hydroxylation is 1. The quantitative estimate of drug-likeness (QED) is 0.669. The Morgan fingerprint density at radius 2 is 2.00 bits per heavy atom. The Morgan fingerprint density at radius 3 is 2.77 bits per heavy atom. The van der Waals surface area contributed by atoms with Gasteiger partial charge in [0.15, 0.2) is 10.8 Å². The molecule has 0 spiro atoms. The van der Waals surface area contributed by atoms with E-state index in [9.17, 15) is 4.79 Å². The van der Waals surface area contributed by atoms with E-state index < -0.39 is 0 Å². The highest BCUT2D eigenvalue weighted by molar-refractivity contribution is 7.22. The summed E-state index contributed by atoms with van der Waals surface area (Å²) in [5, 5.41) is 3.94. The van der Waals surface area contributed by atoms with Gasteiger partial charge in [0.1, 0.15) is 11.5 Å². The van der Waals surface area contributed by atoms with Gasteiger partial charge in [-0.1, -0.05) is 24.3 Å². The summed E-state index contributed by atoms with van der Waals surface area (Å²) < 4.78 is 6.38. The minimum Gasteiger partial charge on any atom is -0.378 e. The number of carbonyl (C=O) groups excluding carboxylic acids is 1. The lowest BCUT2D eigenvalue weighted by molar-refractivity contribution is 0.102. The van der Waals surface area contributed by atoms with Crippen LogP contribution < -0.4 is 15.1 Å². The summed E-state index contributed by atoms with van der Waals surface area (Å²) in [5.74, 6) is 1.29. The summed E-state index contributed by atoms with van der Waals surface area (Å²) in [6.07, 6.45) is 1.16. The highest BCUT2D eigenvalue weighted by Crippen LogP contribution is 2.31. The molecule has 1 unspecified atom stereocenters. The van der Waals surface area contributed by atoms with Gasteiger partial charge in [-0.15, -0.1) is 0 Å². The molecule has 162 valence electrons. The molecule has 1 amide bonds. The van der Waals surface area contributed by atoms with Crippen LogP contribution in [-0.2, 0) is 4.74 Å². The summed E-state index contributed by atoms with van der Waals surface area (Å²) in [7, 11) is 0. The highest BCUT2D eigenvalue weighted by Gasteiger charge is 2.21. The Hall–Kier alpha value is -2.78. The third-order valence-electron chi connectivity index (χ3n) is 5.81. The van der Waals surface area contributed by atoms with E-state index in [1.807, 2.05) is 25.1 Å². The minimum absolute atomic E-state index is 0.226. The van der Waals surface area contributed by atoms with Gasteiger partial charge in [0.05, 0.1) is 29.3 Å². The Morgan fingerprint density at radius 1 is 1.16 bits per heavy atom. The van der Waals surface area contributed by atoms with Gasteiger partial charge in [-0.25, -0.2) is 9.97 Å².